The minimum absolute atomic E-state index is 0.604. The van der Waals surface area contributed by atoms with Crippen LogP contribution in [0.5, 0.6) is 0 Å². The monoisotopic (exact) mass is 273 g/mol. The first-order valence-corrected chi connectivity index (χ1v) is 7.11. The lowest BCUT2D eigenvalue weighted by atomic mass is 10.1. The van der Waals surface area contributed by atoms with Gasteiger partial charge >= 0.3 is 0 Å². The Labute approximate surface area is 118 Å². The lowest BCUT2D eigenvalue weighted by Gasteiger charge is -2.10. The summed E-state index contributed by atoms with van der Waals surface area (Å²) in [4.78, 5) is 13.5. The summed E-state index contributed by atoms with van der Waals surface area (Å²) >= 11 is 6.34. The van der Waals surface area contributed by atoms with Crippen molar-refractivity contribution in [2.45, 2.75) is 39.0 Å². The summed E-state index contributed by atoms with van der Waals surface area (Å²) in [5, 5.41) is 0.604. The molecule has 0 aliphatic heterocycles. The predicted octanol–water partition coefficient (Wildman–Crippen LogP) is 3.77. The molecule has 0 N–H and O–H groups in total. The maximum absolute atomic E-state index is 6.34. The Morgan fingerprint density at radius 3 is 2.79 bits per heavy atom. The molecule has 0 saturated heterocycles. The third-order valence-electron chi connectivity index (χ3n) is 3.60. The zero-order valence-electron chi connectivity index (χ0n) is 11.0. The van der Waals surface area contributed by atoms with Crippen LogP contribution in [-0.4, -0.2) is 15.0 Å². The summed E-state index contributed by atoms with van der Waals surface area (Å²) < 4.78 is 0. The van der Waals surface area contributed by atoms with Crippen LogP contribution < -0.4 is 0 Å². The van der Waals surface area contributed by atoms with Crippen molar-refractivity contribution in [2.75, 3.05) is 0 Å². The van der Waals surface area contributed by atoms with Crippen LogP contribution in [0.4, 0.5) is 0 Å². The molecule has 3 rings (SSSR count). The number of rotatable bonds is 1. The molecule has 1 aliphatic rings. The summed E-state index contributed by atoms with van der Waals surface area (Å²) in [6.45, 7) is 2.02. The van der Waals surface area contributed by atoms with Gasteiger partial charge in [0.05, 0.1) is 0 Å². The Morgan fingerprint density at radius 2 is 1.95 bits per heavy atom. The highest BCUT2D eigenvalue weighted by Gasteiger charge is 2.17. The topological polar surface area (TPSA) is 38.7 Å². The molecule has 1 aliphatic carbocycles. The van der Waals surface area contributed by atoms with E-state index in [1.165, 1.54) is 19.3 Å². The van der Waals surface area contributed by atoms with E-state index < -0.39 is 0 Å². The van der Waals surface area contributed by atoms with Gasteiger partial charge in [-0.2, -0.15) is 0 Å². The highest BCUT2D eigenvalue weighted by Crippen LogP contribution is 2.27. The van der Waals surface area contributed by atoms with Crippen molar-refractivity contribution in [2.24, 2.45) is 0 Å². The normalized spacial score (nSPS) is 14.8. The van der Waals surface area contributed by atoms with Gasteiger partial charge in [-0.1, -0.05) is 24.1 Å². The first-order chi connectivity index (χ1) is 9.25. The van der Waals surface area contributed by atoms with Crippen LogP contribution in [0, 0.1) is 6.92 Å². The van der Waals surface area contributed by atoms with Crippen molar-refractivity contribution < 1.29 is 0 Å². The first-order valence-electron chi connectivity index (χ1n) is 6.73. The Morgan fingerprint density at radius 1 is 1.11 bits per heavy atom. The van der Waals surface area contributed by atoms with Gasteiger partial charge in [0.1, 0.15) is 10.8 Å². The largest absolute Gasteiger partial charge is 0.253 e. The fourth-order valence-electron chi connectivity index (χ4n) is 2.55. The van der Waals surface area contributed by atoms with Crippen LogP contribution in [0.1, 0.15) is 36.1 Å². The summed E-state index contributed by atoms with van der Waals surface area (Å²) in [5.74, 6) is 0.656. The predicted molar refractivity (Wildman–Crippen MR) is 76.3 cm³/mol. The second-order valence-corrected chi connectivity index (χ2v) is 5.35. The Bertz CT molecular complexity index is 610. The maximum Gasteiger partial charge on any atom is 0.180 e. The van der Waals surface area contributed by atoms with Crippen LogP contribution in [0.3, 0.4) is 0 Å². The number of fused-ring (bicyclic) bond motifs is 1. The molecule has 2 aromatic rings. The molecule has 19 heavy (non-hydrogen) atoms. The number of hydrogen-bond donors (Lipinski definition) is 0. The lowest BCUT2D eigenvalue weighted by Crippen LogP contribution is -2.03. The average Bonchev–Trinajstić information content (AvgIpc) is 2.65. The van der Waals surface area contributed by atoms with Gasteiger partial charge in [0.25, 0.3) is 0 Å². The molecule has 4 heteroatoms. The van der Waals surface area contributed by atoms with E-state index in [-0.39, 0.29) is 0 Å². The van der Waals surface area contributed by atoms with Crippen molar-refractivity contribution in [3.63, 3.8) is 0 Å². The zero-order chi connectivity index (χ0) is 13.2. The molecule has 2 aromatic heterocycles. The van der Waals surface area contributed by atoms with E-state index in [2.05, 4.69) is 9.97 Å². The van der Waals surface area contributed by atoms with E-state index in [0.717, 1.165) is 35.4 Å². The number of nitrogens with zero attached hydrogens (tertiary/aromatic N) is 3. The molecule has 98 valence electrons. The molecular weight excluding hydrogens is 258 g/mol. The quantitative estimate of drug-likeness (QED) is 0.586. The molecule has 0 bridgehead atoms. The molecule has 0 aromatic carbocycles. The van der Waals surface area contributed by atoms with Gasteiger partial charge in [-0.3, -0.25) is 4.98 Å². The molecule has 0 atom stereocenters. The summed E-state index contributed by atoms with van der Waals surface area (Å²) in [7, 11) is 0. The second-order valence-electron chi connectivity index (χ2n) is 4.99. The lowest BCUT2D eigenvalue weighted by molar-refractivity contribution is 0.709. The van der Waals surface area contributed by atoms with E-state index in [9.17, 15) is 0 Å². The van der Waals surface area contributed by atoms with Crippen LogP contribution in [0.25, 0.3) is 11.5 Å². The third kappa shape index (κ3) is 2.47. The highest BCUT2D eigenvalue weighted by molar-refractivity contribution is 6.30. The van der Waals surface area contributed by atoms with E-state index in [4.69, 9.17) is 16.6 Å². The number of aromatic nitrogens is 3. The summed E-state index contributed by atoms with van der Waals surface area (Å²) in [6.07, 6.45) is 7.36. The Kier molecular flexibility index (Phi) is 3.47. The number of pyridine rings is 1. The van der Waals surface area contributed by atoms with Crippen LogP contribution in [0.15, 0.2) is 18.3 Å². The smallest absolute Gasteiger partial charge is 0.180 e. The SMILES string of the molecule is Cc1cccnc1-c1nc(Cl)c2c(n1)CCCCC2. The molecular formula is C15H16ClN3. The van der Waals surface area contributed by atoms with Gasteiger partial charge in [0.2, 0.25) is 0 Å². The fourth-order valence-corrected chi connectivity index (χ4v) is 2.83. The van der Waals surface area contributed by atoms with Gasteiger partial charge in [0.15, 0.2) is 5.82 Å². The molecule has 0 saturated carbocycles. The molecule has 0 radical (unpaired) electrons. The Balaban J connectivity index is 2.12. The molecule has 0 unspecified atom stereocenters. The number of hydrogen-bond acceptors (Lipinski definition) is 3. The summed E-state index contributed by atoms with van der Waals surface area (Å²) in [6, 6.07) is 3.94. The number of halogens is 1. The fraction of sp³-hybridized carbons (Fsp3) is 0.400. The third-order valence-corrected chi connectivity index (χ3v) is 3.92. The van der Waals surface area contributed by atoms with Crippen LogP contribution in [-0.2, 0) is 12.8 Å². The van der Waals surface area contributed by atoms with Gasteiger partial charge in [0, 0.05) is 17.5 Å². The standard InChI is InChI=1S/C15H16ClN3/c1-10-6-5-9-17-13(10)15-18-12-8-4-2-3-7-11(12)14(16)19-15/h5-6,9H,2-4,7-8H2,1H3. The summed E-state index contributed by atoms with van der Waals surface area (Å²) in [5.41, 5.74) is 4.15. The van der Waals surface area contributed by atoms with Gasteiger partial charge in [-0.15, -0.1) is 0 Å². The molecule has 2 heterocycles. The number of aryl methyl sites for hydroxylation is 2. The van der Waals surface area contributed by atoms with Crippen molar-refractivity contribution >= 4 is 11.6 Å². The van der Waals surface area contributed by atoms with Crippen molar-refractivity contribution in [3.8, 4) is 11.5 Å². The van der Waals surface area contributed by atoms with Crippen LogP contribution >= 0.6 is 11.6 Å². The zero-order valence-corrected chi connectivity index (χ0v) is 11.7. The van der Waals surface area contributed by atoms with Crippen molar-refractivity contribution in [1.82, 2.24) is 15.0 Å². The minimum Gasteiger partial charge on any atom is -0.253 e. The van der Waals surface area contributed by atoms with Gasteiger partial charge in [-0.05, 0) is 44.2 Å². The van der Waals surface area contributed by atoms with E-state index in [0.29, 0.717) is 11.0 Å². The van der Waals surface area contributed by atoms with Gasteiger partial charge in [-0.25, -0.2) is 9.97 Å². The molecule has 0 amide bonds. The van der Waals surface area contributed by atoms with E-state index in [1.54, 1.807) is 6.20 Å². The first kappa shape index (κ1) is 12.5. The maximum atomic E-state index is 6.34. The van der Waals surface area contributed by atoms with Crippen LogP contribution in [0.2, 0.25) is 5.15 Å². The van der Waals surface area contributed by atoms with E-state index in [1.807, 2.05) is 19.1 Å². The minimum atomic E-state index is 0.604. The second kappa shape index (κ2) is 5.25. The average molecular weight is 274 g/mol. The van der Waals surface area contributed by atoms with Gasteiger partial charge < -0.3 is 0 Å². The van der Waals surface area contributed by atoms with Crippen molar-refractivity contribution in [1.29, 1.82) is 0 Å². The molecule has 0 fully saturated rings. The Hall–Kier alpha value is -1.48. The van der Waals surface area contributed by atoms with E-state index >= 15 is 0 Å². The highest BCUT2D eigenvalue weighted by atomic mass is 35.5. The molecule has 0 spiro atoms. The molecule has 3 nitrogen and oxygen atoms in total. The van der Waals surface area contributed by atoms with Crippen molar-refractivity contribution in [3.05, 3.63) is 40.3 Å².